The lowest BCUT2D eigenvalue weighted by Crippen LogP contribution is -2.11. The van der Waals surface area contributed by atoms with E-state index >= 15 is 0 Å². The van der Waals surface area contributed by atoms with Gasteiger partial charge in [-0.25, -0.2) is 14.7 Å². The van der Waals surface area contributed by atoms with Gasteiger partial charge in [0.2, 0.25) is 0 Å². The smallest absolute Gasteiger partial charge is 0.361 e. The lowest BCUT2D eigenvalue weighted by Gasteiger charge is -2.06. The predicted octanol–water partition coefficient (Wildman–Crippen LogP) is 2.96. The van der Waals surface area contributed by atoms with Gasteiger partial charge in [-0.1, -0.05) is 16.8 Å². The highest BCUT2D eigenvalue weighted by Crippen LogP contribution is 2.19. The Kier molecular flexibility index (Phi) is 3.47. The average Bonchev–Trinajstić information content (AvgIpc) is 2.77. The lowest BCUT2D eigenvalue weighted by atomic mass is 10.3. The van der Waals surface area contributed by atoms with E-state index in [4.69, 9.17) is 21.0 Å². The molecular formula is C11H8ClFN2O3. The van der Waals surface area contributed by atoms with E-state index in [1.165, 1.54) is 18.3 Å². The number of benzene rings is 1. The van der Waals surface area contributed by atoms with Gasteiger partial charge in [-0.2, -0.15) is 0 Å². The van der Waals surface area contributed by atoms with Crippen molar-refractivity contribution in [3.05, 3.63) is 46.6 Å². The van der Waals surface area contributed by atoms with Crippen molar-refractivity contribution in [3.8, 4) is 0 Å². The first-order chi connectivity index (χ1) is 8.58. The number of halogens is 2. The summed E-state index contributed by atoms with van der Waals surface area (Å²) in [5.74, 6) is -0.864. The number of carbonyl (C=O) groups is 1. The lowest BCUT2D eigenvalue weighted by molar-refractivity contribution is 0.0594. The Morgan fingerprint density at radius 3 is 2.94 bits per heavy atom. The third kappa shape index (κ3) is 2.60. The second-order valence-corrected chi connectivity index (χ2v) is 3.82. The number of carbonyl (C=O) groups excluding carboxylic acids is 1. The summed E-state index contributed by atoms with van der Waals surface area (Å²) in [4.78, 5) is 16.3. The molecule has 0 aliphatic rings. The maximum atomic E-state index is 12.9. The van der Waals surface area contributed by atoms with E-state index < -0.39 is 11.8 Å². The molecule has 5 nitrogen and oxygen atoms in total. The fraction of sp³-hybridized carbons (Fsp3) is 0.0909. The number of aryl methyl sites for hydroxylation is 1. The van der Waals surface area contributed by atoms with Crippen molar-refractivity contribution in [2.75, 3.05) is 5.48 Å². The summed E-state index contributed by atoms with van der Waals surface area (Å²) in [6.45, 7) is 1.58. The van der Waals surface area contributed by atoms with Gasteiger partial charge < -0.3 is 9.36 Å². The fourth-order valence-corrected chi connectivity index (χ4v) is 1.40. The Hall–Kier alpha value is -2.08. The number of rotatable bonds is 3. The zero-order chi connectivity index (χ0) is 13.1. The van der Waals surface area contributed by atoms with Crippen LogP contribution in [0.25, 0.3) is 0 Å². The van der Waals surface area contributed by atoms with Crippen LogP contribution in [0.5, 0.6) is 0 Å². The van der Waals surface area contributed by atoms with Crippen molar-refractivity contribution in [2.45, 2.75) is 6.92 Å². The summed E-state index contributed by atoms with van der Waals surface area (Å²) in [7, 11) is 0. The Morgan fingerprint density at radius 2 is 2.33 bits per heavy atom. The summed E-state index contributed by atoms with van der Waals surface area (Å²) >= 11 is 5.57. The molecule has 0 radical (unpaired) electrons. The van der Waals surface area contributed by atoms with E-state index in [9.17, 15) is 9.18 Å². The molecule has 2 rings (SSSR count). The molecule has 7 heteroatoms. The van der Waals surface area contributed by atoms with Gasteiger partial charge in [-0.15, -0.1) is 0 Å². The molecule has 0 amide bonds. The highest BCUT2D eigenvalue weighted by Gasteiger charge is 2.14. The number of nitrogens with zero attached hydrogens (tertiary/aromatic N) is 1. The Morgan fingerprint density at radius 1 is 1.56 bits per heavy atom. The molecule has 0 aliphatic carbocycles. The highest BCUT2D eigenvalue weighted by molar-refractivity contribution is 6.31. The molecule has 0 bridgehead atoms. The van der Waals surface area contributed by atoms with Gasteiger partial charge in [0.05, 0.1) is 16.9 Å². The molecule has 1 N–H and O–H groups in total. The number of aromatic nitrogens is 1. The summed E-state index contributed by atoms with van der Waals surface area (Å²) < 4.78 is 17.6. The number of nitrogens with one attached hydrogen (secondary N) is 1. The highest BCUT2D eigenvalue weighted by atomic mass is 35.5. The Bertz CT molecular complexity index is 585. The minimum absolute atomic E-state index is 0.0720. The molecule has 1 heterocycles. The maximum absolute atomic E-state index is 12.9. The maximum Gasteiger partial charge on any atom is 0.368 e. The summed E-state index contributed by atoms with van der Waals surface area (Å²) in [5, 5.41) is 3.38. The van der Waals surface area contributed by atoms with Crippen LogP contribution in [0.2, 0.25) is 5.02 Å². The van der Waals surface area contributed by atoms with Crippen LogP contribution in [0.3, 0.4) is 0 Å². The molecule has 94 valence electrons. The van der Waals surface area contributed by atoms with Crippen LogP contribution in [-0.4, -0.2) is 11.1 Å². The molecule has 0 saturated heterocycles. The molecule has 18 heavy (non-hydrogen) atoms. The number of hydrogen-bond donors (Lipinski definition) is 1. The average molecular weight is 271 g/mol. The Balaban J connectivity index is 2.02. The van der Waals surface area contributed by atoms with E-state index in [-0.39, 0.29) is 10.6 Å². The minimum Gasteiger partial charge on any atom is -0.361 e. The second kappa shape index (κ2) is 5.05. The van der Waals surface area contributed by atoms with Crippen LogP contribution in [-0.2, 0) is 4.84 Å². The van der Waals surface area contributed by atoms with E-state index in [1.807, 2.05) is 0 Å². The van der Waals surface area contributed by atoms with Gasteiger partial charge in [0.15, 0.2) is 0 Å². The largest absolute Gasteiger partial charge is 0.368 e. The van der Waals surface area contributed by atoms with Crippen molar-refractivity contribution >= 4 is 23.3 Å². The zero-order valence-electron chi connectivity index (χ0n) is 9.24. The van der Waals surface area contributed by atoms with Gasteiger partial charge in [0, 0.05) is 0 Å². The molecule has 0 atom stereocenters. The van der Waals surface area contributed by atoms with Crippen molar-refractivity contribution in [3.63, 3.8) is 0 Å². The molecule has 0 fully saturated rings. The standard InChI is InChI=1S/C11H8ClFN2O3/c1-6-8(5-14-17-6)11(16)18-15-7-2-3-10(13)9(12)4-7/h2-5,15H,1H3. The molecule has 0 unspecified atom stereocenters. The molecule has 2 aromatic rings. The Labute approximate surface area is 106 Å². The van der Waals surface area contributed by atoms with Gasteiger partial charge in [0.25, 0.3) is 0 Å². The molecule has 1 aromatic carbocycles. The first-order valence-electron chi connectivity index (χ1n) is 4.91. The number of hydrogen-bond acceptors (Lipinski definition) is 5. The van der Waals surface area contributed by atoms with Crippen molar-refractivity contribution in [2.24, 2.45) is 0 Å². The van der Waals surface area contributed by atoms with Crippen LogP contribution >= 0.6 is 11.6 Å². The van der Waals surface area contributed by atoms with Crippen LogP contribution in [0, 0.1) is 12.7 Å². The number of anilines is 1. The van der Waals surface area contributed by atoms with Gasteiger partial charge in [-0.05, 0) is 25.1 Å². The third-order valence-electron chi connectivity index (χ3n) is 2.15. The normalized spacial score (nSPS) is 10.2. The third-order valence-corrected chi connectivity index (χ3v) is 2.44. The summed E-state index contributed by atoms with van der Waals surface area (Å²) in [6, 6.07) is 3.84. The first-order valence-corrected chi connectivity index (χ1v) is 5.29. The molecule has 0 spiro atoms. The zero-order valence-corrected chi connectivity index (χ0v) is 9.99. The van der Waals surface area contributed by atoms with E-state index in [1.54, 1.807) is 6.92 Å². The van der Waals surface area contributed by atoms with Crippen molar-refractivity contribution in [1.29, 1.82) is 0 Å². The summed E-state index contributed by atoms with van der Waals surface area (Å²) in [6.07, 6.45) is 1.25. The molecule has 1 aromatic heterocycles. The van der Waals surface area contributed by atoms with Crippen LogP contribution < -0.4 is 5.48 Å². The van der Waals surface area contributed by atoms with Crippen molar-refractivity contribution < 1.29 is 18.5 Å². The van der Waals surface area contributed by atoms with E-state index in [0.29, 0.717) is 11.4 Å². The molecule has 0 aliphatic heterocycles. The monoisotopic (exact) mass is 270 g/mol. The van der Waals surface area contributed by atoms with Gasteiger partial charge in [-0.3, -0.25) is 0 Å². The van der Waals surface area contributed by atoms with Crippen molar-refractivity contribution in [1.82, 2.24) is 5.16 Å². The van der Waals surface area contributed by atoms with E-state index in [2.05, 4.69) is 10.6 Å². The topological polar surface area (TPSA) is 64.4 Å². The fourth-order valence-electron chi connectivity index (χ4n) is 1.21. The second-order valence-electron chi connectivity index (χ2n) is 3.42. The molecule has 0 saturated carbocycles. The summed E-state index contributed by atoms with van der Waals surface area (Å²) in [5.41, 5.74) is 2.91. The van der Waals surface area contributed by atoms with E-state index in [0.717, 1.165) is 6.07 Å². The molecular weight excluding hydrogens is 263 g/mol. The van der Waals surface area contributed by atoms with Crippen LogP contribution in [0.1, 0.15) is 16.1 Å². The van der Waals surface area contributed by atoms with Gasteiger partial charge in [0.1, 0.15) is 17.1 Å². The SMILES string of the molecule is Cc1oncc1C(=O)ONc1ccc(F)c(Cl)c1. The van der Waals surface area contributed by atoms with Crippen LogP contribution in [0.4, 0.5) is 10.1 Å². The first kappa shape index (κ1) is 12.4. The van der Waals surface area contributed by atoms with Crippen LogP contribution in [0.15, 0.2) is 28.9 Å². The quantitative estimate of drug-likeness (QED) is 0.869. The predicted molar refractivity (Wildman–Crippen MR) is 61.7 cm³/mol. The van der Waals surface area contributed by atoms with Gasteiger partial charge >= 0.3 is 5.97 Å². The minimum atomic E-state index is -0.658.